The number of nitrogens with one attached hydrogen (secondary N) is 1. The molecule has 1 aliphatic rings. The van der Waals surface area contributed by atoms with E-state index in [0.717, 1.165) is 18.4 Å². The number of hydrogen-bond donors (Lipinski definition) is 2. The number of nitrogen functional groups attached to an aromatic ring is 1. The zero-order valence-corrected chi connectivity index (χ0v) is 20.1. The lowest BCUT2D eigenvalue weighted by Gasteiger charge is -2.18. The van der Waals surface area contributed by atoms with Crippen LogP contribution in [0.15, 0.2) is 36.7 Å². The van der Waals surface area contributed by atoms with Crippen LogP contribution in [-0.2, 0) is 11.3 Å². The van der Waals surface area contributed by atoms with E-state index < -0.39 is 11.7 Å². The molecule has 3 aromatic rings. The summed E-state index contributed by atoms with van der Waals surface area (Å²) < 4.78 is 35.1. The van der Waals surface area contributed by atoms with Gasteiger partial charge in [-0.2, -0.15) is 0 Å². The molecular formula is C27H27F2N5O2. The first-order valence-electron chi connectivity index (χ1n) is 11.6. The molecule has 0 saturated heterocycles. The number of hydrogen-bond acceptors (Lipinski definition) is 6. The first-order chi connectivity index (χ1) is 17.3. The van der Waals surface area contributed by atoms with Crippen LogP contribution in [0.25, 0.3) is 11.3 Å². The highest BCUT2D eigenvalue weighted by molar-refractivity contribution is 5.92. The highest BCUT2D eigenvalue weighted by atomic mass is 19.1. The Labute approximate surface area is 208 Å². The Balaban J connectivity index is 1.56. The topological polar surface area (TPSA) is 93.4 Å². The average molecular weight is 492 g/mol. The molecule has 4 rings (SSSR count). The van der Waals surface area contributed by atoms with E-state index in [1.807, 2.05) is 12.0 Å². The van der Waals surface area contributed by atoms with Crippen molar-refractivity contribution in [1.29, 1.82) is 0 Å². The number of likely N-dealkylation sites (N-methyl/N-ethyl adjacent to an activating group) is 1. The zero-order chi connectivity index (χ0) is 25.8. The molecule has 1 amide bonds. The Morgan fingerprint density at radius 2 is 2.06 bits per heavy atom. The Hall–Kier alpha value is -4.19. The number of terminal acetylenes is 1. The maximum absolute atomic E-state index is 14.7. The molecule has 1 heterocycles. The van der Waals surface area contributed by atoms with Crippen molar-refractivity contribution in [2.45, 2.75) is 32.2 Å². The fourth-order valence-electron chi connectivity index (χ4n) is 3.89. The van der Waals surface area contributed by atoms with Gasteiger partial charge in [0.2, 0.25) is 0 Å². The quantitative estimate of drug-likeness (QED) is 0.434. The molecule has 1 aromatic heterocycles. The lowest BCUT2D eigenvalue weighted by atomic mass is 10.0. The van der Waals surface area contributed by atoms with Gasteiger partial charge in [0.15, 0.2) is 11.6 Å². The summed E-state index contributed by atoms with van der Waals surface area (Å²) in [5.74, 6) is 1.46. The second-order valence-electron chi connectivity index (χ2n) is 8.76. The maximum atomic E-state index is 14.7. The SMILES string of the molecule is C#CC(=O)N(C)CCOc1c(N)ncnc1-c1cc(F)cc(NCc2ccc(C3CC3)cc2F)c1C. The minimum absolute atomic E-state index is 0.0712. The standard InChI is InChI=1S/C27H27F2N5O2/c1-4-24(35)34(3)9-10-36-26-25(32-15-33-27(26)30)21-12-20(28)13-23(16(21)2)31-14-19-8-7-18(11-22(19)29)17-5-6-17/h1,7-8,11-13,15,17,31H,5-6,9-10,14H2,2-3H3,(H2,30,32,33). The largest absolute Gasteiger partial charge is 0.486 e. The van der Waals surface area contributed by atoms with Crippen molar-refractivity contribution >= 4 is 17.4 Å². The van der Waals surface area contributed by atoms with E-state index in [1.165, 1.54) is 23.4 Å². The summed E-state index contributed by atoms with van der Waals surface area (Å²) in [6, 6.07) is 7.98. The van der Waals surface area contributed by atoms with Gasteiger partial charge >= 0.3 is 0 Å². The monoisotopic (exact) mass is 491 g/mol. The molecular weight excluding hydrogens is 464 g/mol. The molecule has 7 nitrogen and oxygen atoms in total. The molecule has 0 aliphatic heterocycles. The van der Waals surface area contributed by atoms with Crippen LogP contribution in [-0.4, -0.2) is 41.0 Å². The Morgan fingerprint density at radius 3 is 2.75 bits per heavy atom. The predicted octanol–water partition coefficient (Wildman–Crippen LogP) is 4.27. The minimum Gasteiger partial charge on any atom is -0.486 e. The van der Waals surface area contributed by atoms with Gasteiger partial charge in [0, 0.05) is 30.4 Å². The van der Waals surface area contributed by atoms with E-state index in [0.29, 0.717) is 34.0 Å². The highest BCUT2D eigenvalue weighted by Crippen LogP contribution is 2.40. The van der Waals surface area contributed by atoms with E-state index >= 15 is 0 Å². The Kier molecular flexibility index (Phi) is 7.34. The summed E-state index contributed by atoms with van der Waals surface area (Å²) in [7, 11) is 1.55. The van der Waals surface area contributed by atoms with Crippen molar-refractivity contribution in [1.82, 2.24) is 14.9 Å². The number of amides is 1. The molecule has 2 aromatic carbocycles. The van der Waals surface area contributed by atoms with Crippen molar-refractivity contribution < 1.29 is 18.3 Å². The van der Waals surface area contributed by atoms with Crippen LogP contribution in [0.4, 0.5) is 20.3 Å². The molecule has 3 N–H and O–H groups in total. The second kappa shape index (κ2) is 10.6. The van der Waals surface area contributed by atoms with Crippen LogP contribution >= 0.6 is 0 Å². The van der Waals surface area contributed by atoms with E-state index in [-0.39, 0.29) is 37.1 Å². The summed E-state index contributed by atoms with van der Waals surface area (Å²) in [5.41, 5.74) is 9.45. The average Bonchev–Trinajstić information content (AvgIpc) is 3.71. The van der Waals surface area contributed by atoms with Gasteiger partial charge < -0.3 is 20.7 Å². The molecule has 36 heavy (non-hydrogen) atoms. The second-order valence-corrected chi connectivity index (χ2v) is 8.76. The number of benzene rings is 2. The van der Waals surface area contributed by atoms with Gasteiger partial charge in [-0.3, -0.25) is 4.79 Å². The lowest BCUT2D eigenvalue weighted by Crippen LogP contribution is -2.29. The van der Waals surface area contributed by atoms with Crippen molar-refractivity contribution in [3.8, 4) is 29.4 Å². The number of halogens is 2. The van der Waals surface area contributed by atoms with Crippen LogP contribution in [0.2, 0.25) is 0 Å². The van der Waals surface area contributed by atoms with Gasteiger partial charge in [-0.25, -0.2) is 18.7 Å². The summed E-state index contributed by atoms with van der Waals surface area (Å²) >= 11 is 0. The Bertz CT molecular complexity index is 1330. The van der Waals surface area contributed by atoms with Gasteiger partial charge in [0.25, 0.3) is 5.91 Å². The number of carbonyl (C=O) groups excluding carboxylic acids is 1. The minimum atomic E-state index is -0.509. The number of aromatic nitrogens is 2. The van der Waals surface area contributed by atoms with Crippen molar-refractivity contribution in [2.75, 3.05) is 31.2 Å². The third-order valence-corrected chi connectivity index (χ3v) is 6.20. The van der Waals surface area contributed by atoms with Crippen molar-refractivity contribution in [3.05, 3.63) is 65.0 Å². The summed E-state index contributed by atoms with van der Waals surface area (Å²) in [4.78, 5) is 21.2. The molecule has 1 saturated carbocycles. The molecule has 0 bridgehead atoms. The van der Waals surface area contributed by atoms with Gasteiger partial charge in [-0.15, -0.1) is 6.42 Å². The van der Waals surface area contributed by atoms with E-state index in [9.17, 15) is 13.6 Å². The molecule has 0 unspecified atom stereocenters. The fourth-order valence-corrected chi connectivity index (χ4v) is 3.89. The number of carbonyl (C=O) groups is 1. The summed E-state index contributed by atoms with van der Waals surface area (Å²) in [6.45, 7) is 2.26. The molecule has 0 spiro atoms. The third-order valence-electron chi connectivity index (χ3n) is 6.20. The number of anilines is 2. The van der Waals surface area contributed by atoms with Crippen molar-refractivity contribution in [3.63, 3.8) is 0 Å². The van der Waals surface area contributed by atoms with Crippen LogP contribution in [0.1, 0.15) is 35.4 Å². The molecule has 1 aliphatic carbocycles. The van der Waals surface area contributed by atoms with Crippen LogP contribution < -0.4 is 15.8 Å². The lowest BCUT2D eigenvalue weighted by molar-refractivity contribution is -0.124. The molecule has 1 fully saturated rings. The molecule has 186 valence electrons. The van der Waals surface area contributed by atoms with E-state index in [4.69, 9.17) is 16.9 Å². The number of rotatable bonds is 9. The number of nitrogens with two attached hydrogens (primary N) is 1. The molecule has 0 radical (unpaired) electrons. The third kappa shape index (κ3) is 5.54. The number of nitrogens with zero attached hydrogens (tertiary/aromatic N) is 3. The van der Waals surface area contributed by atoms with Gasteiger partial charge in [-0.05, 0) is 60.9 Å². The Morgan fingerprint density at radius 1 is 1.28 bits per heavy atom. The number of ether oxygens (including phenoxy) is 1. The smallest absolute Gasteiger partial charge is 0.298 e. The van der Waals surface area contributed by atoms with Crippen molar-refractivity contribution in [2.24, 2.45) is 0 Å². The first kappa shape index (κ1) is 24.9. The summed E-state index contributed by atoms with van der Waals surface area (Å²) in [5, 5.41) is 3.14. The van der Waals surface area contributed by atoms with Gasteiger partial charge in [-0.1, -0.05) is 12.1 Å². The first-order valence-corrected chi connectivity index (χ1v) is 11.6. The van der Waals surface area contributed by atoms with Crippen LogP contribution in [0.3, 0.4) is 0 Å². The van der Waals surface area contributed by atoms with Gasteiger partial charge in [0.1, 0.15) is 30.3 Å². The fraction of sp³-hybridized carbons (Fsp3) is 0.296. The molecule has 0 atom stereocenters. The normalized spacial score (nSPS) is 12.6. The molecule has 9 heteroatoms. The zero-order valence-electron chi connectivity index (χ0n) is 20.1. The van der Waals surface area contributed by atoms with Gasteiger partial charge in [0.05, 0.1) is 6.54 Å². The van der Waals surface area contributed by atoms with E-state index in [1.54, 1.807) is 26.1 Å². The summed E-state index contributed by atoms with van der Waals surface area (Å²) in [6.07, 6.45) is 8.59. The maximum Gasteiger partial charge on any atom is 0.298 e. The van der Waals surface area contributed by atoms with Crippen LogP contribution in [0.5, 0.6) is 5.75 Å². The highest BCUT2D eigenvalue weighted by Gasteiger charge is 2.24. The predicted molar refractivity (Wildman–Crippen MR) is 134 cm³/mol. The van der Waals surface area contributed by atoms with Crippen LogP contribution in [0, 0.1) is 30.9 Å². The van der Waals surface area contributed by atoms with E-state index in [2.05, 4.69) is 15.3 Å².